The maximum Gasteiger partial charge on any atom is 0.124 e. The standard InChI is InChI=1S/C21H28ClN3O/c1-17-4-2-3-5-18(17)16-26-21-7-6-20(22)14-19(21)15-24-10-13-25-11-8-23-9-12-25/h2-7,14,23-24H,8-13,15-16H2,1H3. The third kappa shape index (κ3) is 5.71. The Morgan fingerprint density at radius 2 is 1.92 bits per heavy atom. The molecule has 0 atom stereocenters. The molecule has 1 heterocycles. The van der Waals surface area contributed by atoms with Crippen molar-refractivity contribution in [3.8, 4) is 5.75 Å². The number of nitrogens with zero attached hydrogens (tertiary/aromatic N) is 1. The molecule has 2 aromatic carbocycles. The Morgan fingerprint density at radius 3 is 2.73 bits per heavy atom. The number of halogens is 1. The van der Waals surface area contributed by atoms with Crippen molar-refractivity contribution in [2.24, 2.45) is 0 Å². The Hall–Kier alpha value is -1.59. The first-order valence-corrected chi connectivity index (χ1v) is 9.70. The average Bonchev–Trinajstić information content (AvgIpc) is 2.66. The Kier molecular flexibility index (Phi) is 7.32. The number of aryl methyl sites for hydroxylation is 1. The summed E-state index contributed by atoms with van der Waals surface area (Å²) in [6, 6.07) is 14.2. The Balaban J connectivity index is 1.52. The van der Waals surface area contributed by atoms with E-state index in [0.717, 1.165) is 62.1 Å². The maximum atomic E-state index is 6.20. The van der Waals surface area contributed by atoms with E-state index >= 15 is 0 Å². The van der Waals surface area contributed by atoms with Crippen LogP contribution in [0.4, 0.5) is 0 Å². The summed E-state index contributed by atoms with van der Waals surface area (Å²) in [5.41, 5.74) is 3.56. The smallest absolute Gasteiger partial charge is 0.124 e. The van der Waals surface area contributed by atoms with Crippen molar-refractivity contribution in [2.75, 3.05) is 39.3 Å². The molecule has 140 valence electrons. The van der Waals surface area contributed by atoms with Crippen LogP contribution in [-0.2, 0) is 13.2 Å². The normalized spacial score (nSPS) is 15.2. The predicted octanol–water partition coefficient (Wildman–Crippen LogP) is 3.22. The van der Waals surface area contributed by atoms with Crippen LogP contribution in [0.15, 0.2) is 42.5 Å². The first kappa shape index (κ1) is 19.2. The number of rotatable bonds is 8. The molecule has 1 aliphatic heterocycles. The van der Waals surface area contributed by atoms with Gasteiger partial charge in [0.15, 0.2) is 0 Å². The Bertz CT molecular complexity index is 701. The van der Waals surface area contributed by atoms with Crippen molar-refractivity contribution >= 4 is 11.6 Å². The molecule has 0 bridgehead atoms. The van der Waals surface area contributed by atoms with Gasteiger partial charge in [0.05, 0.1) is 0 Å². The topological polar surface area (TPSA) is 36.5 Å². The van der Waals surface area contributed by atoms with Crippen molar-refractivity contribution in [3.05, 3.63) is 64.2 Å². The van der Waals surface area contributed by atoms with E-state index in [-0.39, 0.29) is 0 Å². The summed E-state index contributed by atoms with van der Waals surface area (Å²) in [4.78, 5) is 2.48. The van der Waals surface area contributed by atoms with Crippen molar-refractivity contribution in [1.82, 2.24) is 15.5 Å². The van der Waals surface area contributed by atoms with Gasteiger partial charge in [-0.1, -0.05) is 35.9 Å². The molecule has 2 aromatic rings. The molecule has 0 aliphatic carbocycles. The van der Waals surface area contributed by atoms with Gasteiger partial charge in [-0.05, 0) is 36.2 Å². The number of ether oxygens (including phenoxy) is 1. The number of piperazine rings is 1. The third-order valence-electron chi connectivity index (χ3n) is 4.80. The summed E-state index contributed by atoms with van der Waals surface area (Å²) in [6.45, 7) is 9.91. The molecule has 0 unspecified atom stereocenters. The fourth-order valence-corrected chi connectivity index (χ4v) is 3.34. The maximum absolute atomic E-state index is 6.20. The zero-order valence-electron chi connectivity index (χ0n) is 15.4. The molecule has 3 rings (SSSR count). The quantitative estimate of drug-likeness (QED) is 0.696. The molecule has 5 heteroatoms. The number of hydrogen-bond acceptors (Lipinski definition) is 4. The highest BCUT2D eigenvalue weighted by atomic mass is 35.5. The number of benzene rings is 2. The van der Waals surface area contributed by atoms with Crippen LogP contribution in [0.5, 0.6) is 5.75 Å². The second-order valence-electron chi connectivity index (χ2n) is 6.74. The molecule has 26 heavy (non-hydrogen) atoms. The van der Waals surface area contributed by atoms with Crippen molar-refractivity contribution in [1.29, 1.82) is 0 Å². The Labute approximate surface area is 161 Å². The Morgan fingerprint density at radius 1 is 1.12 bits per heavy atom. The van der Waals surface area contributed by atoms with E-state index in [1.807, 2.05) is 24.3 Å². The van der Waals surface area contributed by atoms with Crippen molar-refractivity contribution < 1.29 is 4.74 Å². The highest BCUT2D eigenvalue weighted by Crippen LogP contribution is 2.24. The first-order valence-electron chi connectivity index (χ1n) is 9.32. The highest BCUT2D eigenvalue weighted by molar-refractivity contribution is 6.30. The molecule has 1 fully saturated rings. The van der Waals surface area contributed by atoms with Crippen LogP contribution in [0.2, 0.25) is 5.02 Å². The summed E-state index contributed by atoms with van der Waals surface area (Å²) in [7, 11) is 0. The van der Waals surface area contributed by atoms with E-state index in [2.05, 4.69) is 40.7 Å². The molecule has 1 aliphatic rings. The minimum atomic E-state index is 0.572. The highest BCUT2D eigenvalue weighted by Gasteiger charge is 2.09. The monoisotopic (exact) mass is 373 g/mol. The van der Waals surface area contributed by atoms with Gasteiger partial charge in [-0.15, -0.1) is 0 Å². The van der Waals surface area contributed by atoms with E-state index < -0.39 is 0 Å². The van der Waals surface area contributed by atoms with Gasteiger partial charge in [0, 0.05) is 56.4 Å². The summed E-state index contributed by atoms with van der Waals surface area (Å²) in [6.07, 6.45) is 0. The van der Waals surface area contributed by atoms with Gasteiger partial charge in [0.2, 0.25) is 0 Å². The molecule has 2 N–H and O–H groups in total. The summed E-state index contributed by atoms with van der Waals surface area (Å²) in [5.74, 6) is 0.896. The van der Waals surface area contributed by atoms with E-state index in [1.165, 1.54) is 11.1 Å². The molecule has 4 nitrogen and oxygen atoms in total. The van der Waals surface area contributed by atoms with E-state index in [4.69, 9.17) is 16.3 Å². The van der Waals surface area contributed by atoms with Crippen LogP contribution < -0.4 is 15.4 Å². The largest absolute Gasteiger partial charge is 0.489 e. The zero-order chi connectivity index (χ0) is 18.2. The summed E-state index contributed by atoms with van der Waals surface area (Å²) < 4.78 is 6.09. The first-order chi connectivity index (χ1) is 12.7. The van der Waals surface area contributed by atoms with Gasteiger partial charge >= 0.3 is 0 Å². The van der Waals surface area contributed by atoms with E-state index in [0.29, 0.717) is 6.61 Å². The van der Waals surface area contributed by atoms with Gasteiger partial charge in [-0.2, -0.15) is 0 Å². The molecule has 0 spiro atoms. The minimum Gasteiger partial charge on any atom is -0.489 e. The zero-order valence-corrected chi connectivity index (χ0v) is 16.2. The van der Waals surface area contributed by atoms with Gasteiger partial charge in [0.1, 0.15) is 12.4 Å². The molecule has 0 amide bonds. The van der Waals surface area contributed by atoms with E-state index in [1.54, 1.807) is 0 Å². The van der Waals surface area contributed by atoms with Crippen LogP contribution in [-0.4, -0.2) is 44.2 Å². The van der Waals surface area contributed by atoms with Crippen LogP contribution in [0, 0.1) is 6.92 Å². The third-order valence-corrected chi connectivity index (χ3v) is 5.03. The van der Waals surface area contributed by atoms with Crippen LogP contribution in [0.25, 0.3) is 0 Å². The second-order valence-corrected chi connectivity index (χ2v) is 7.17. The molecule has 0 radical (unpaired) electrons. The fraction of sp³-hybridized carbons (Fsp3) is 0.429. The van der Waals surface area contributed by atoms with Crippen LogP contribution >= 0.6 is 11.6 Å². The summed E-state index contributed by atoms with van der Waals surface area (Å²) in [5, 5.41) is 7.65. The lowest BCUT2D eigenvalue weighted by Gasteiger charge is -2.27. The second kappa shape index (κ2) is 9.93. The van der Waals surface area contributed by atoms with Crippen molar-refractivity contribution in [3.63, 3.8) is 0 Å². The van der Waals surface area contributed by atoms with Gasteiger partial charge in [0.25, 0.3) is 0 Å². The van der Waals surface area contributed by atoms with Crippen LogP contribution in [0.1, 0.15) is 16.7 Å². The summed E-state index contributed by atoms with van der Waals surface area (Å²) >= 11 is 6.20. The predicted molar refractivity (Wildman–Crippen MR) is 108 cm³/mol. The van der Waals surface area contributed by atoms with Crippen LogP contribution in [0.3, 0.4) is 0 Å². The lowest BCUT2D eigenvalue weighted by atomic mass is 10.1. The van der Waals surface area contributed by atoms with Gasteiger partial charge < -0.3 is 15.4 Å². The lowest BCUT2D eigenvalue weighted by Crippen LogP contribution is -2.45. The number of hydrogen-bond donors (Lipinski definition) is 2. The number of nitrogens with one attached hydrogen (secondary N) is 2. The molecule has 0 aromatic heterocycles. The fourth-order valence-electron chi connectivity index (χ4n) is 3.15. The molecular formula is C21H28ClN3O. The molecule has 1 saturated heterocycles. The molecule has 0 saturated carbocycles. The minimum absolute atomic E-state index is 0.572. The van der Waals surface area contributed by atoms with Crippen molar-refractivity contribution in [2.45, 2.75) is 20.1 Å². The van der Waals surface area contributed by atoms with Gasteiger partial charge in [-0.3, -0.25) is 4.90 Å². The molecular weight excluding hydrogens is 346 g/mol. The lowest BCUT2D eigenvalue weighted by molar-refractivity contribution is 0.240. The van der Waals surface area contributed by atoms with Gasteiger partial charge in [-0.25, -0.2) is 0 Å². The SMILES string of the molecule is Cc1ccccc1COc1ccc(Cl)cc1CNCCN1CCNCC1. The van der Waals surface area contributed by atoms with E-state index in [9.17, 15) is 0 Å². The average molecular weight is 374 g/mol.